The average Bonchev–Trinajstić information content (AvgIpc) is 2.38. The number of hydrogen-bond acceptors (Lipinski definition) is 2. The van der Waals surface area contributed by atoms with Gasteiger partial charge in [0.1, 0.15) is 6.10 Å². The molecule has 0 spiro atoms. The van der Waals surface area contributed by atoms with Crippen LogP contribution in [0.5, 0.6) is 0 Å². The Bertz CT molecular complexity index is 326. The largest absolute Gasteiger partial charge is 0.370 e. The number of carbonyl (C=O) groups is 1. The summed E-state index contributed by atoms with van der Waals surface area (Å²) in [6.07, 6.45) is 4.45. The molecule has 1 aliphatic heterocycles. The Morgan fingerprint density at radius 1 is 1.25 bits per heavy atom. The monoisotopic (exact) mass is 218 g/mol. The lowest BCUT2D eigenvalue weighted by atomic mass is 10.00. The molecule has 0 radical (unpaired) electrons. The van der Waals surface area contributed by atoms with E-state index in [1.807, 2.05) is 18.2 Å². The number of Topliss-reactive ketones (excluding diaryl/α,β-unsaturated/α-hetero) is 1. The first-order chi connectivity index (χ1) is 7.86. The molecule has 0 amide bonds. The van der Waals surface area contributed by atoms with Gasteiger partial charge < -0.3 is 4.74 Å². The molecule has 0 saturated carbocycles. The first-order valence-corrected chi connectivity index (χ1v) is 6.04. The number of ether oxygens (including phenoxy) is 1. The molecule has 2 rings (SSSR count). The molecule has 0 bridgehead atoms. The van der Waals surface area contributed by atoms with E-state index in [2.05, 4.69) is 12.1 Å². The second-order valence-corrected chi connectivity index (χ2v) is 4.31. The van der Waals surface area contributed by atoms with E-state index >= 15 is 0 Å². The van der Waals surface area contributed by atoms with E-state index in [4.69, 9.17) is 4.74 Å². The molecule has 0 N–H and O–H groups in total. The summed E-state index contributed by atoms with van der Waals surface area (Å²) in [5, 5.41) is 0. The van der Waals surface area contributed by atoms with Crippen molar-refractivity contribution in [2.75, 3.05) is 6.61 Å². The molecular formula is C14H18O2. The Hall–Kier alpha value is -1.15. The summed E-state index contributed by atoms with van der Waals surface area (Å²) in [6, 6.07) is 10.1. The third-order valence-corrected chi connectivity index (χ3v) is 3.04. The lowest BCUT2D eigenvalue weighted by Gasteiger charge is -2.21. The van der Waals surface area contributed by atoms with E-state index in [-0.39, 0.29) is 11.9 Å². The maximum absolute atomic E-state index is 11.8. The molecule has 0 aliphatic carbocycles. The number of carbonyl (C=O) groups excluding carboxylic acids is 1. The van der Waals surface area contributed by atoms with Crippen LogP contribution in [-0.4, -0.2) is 18.5 Å². The summed E-state index contributed by atoms with van der Waals surface area (Å²) in [5.41, 5.74) is 1.23. The molecule has 86 valence electrons. The summed E-state index contributed by atoms with van der Waals surface area (Å²) in [6.45, 7) is 0.752. The maximum Gasteiger partial charge on any atom is 0.161 e. The van der Waals surface area contributed by atoms with Crippen molar-refractivity contribution in [3.05, 3.63) is 35.9 Å². The van der Waals surface area contributed by atoms with Gasteiger partial charge in [0.2, 0.25) is 0 Å². The van der Waals surface area contributed by atoms with Gasteiger partial charge >= 0.3 is 0 Å². The van der Waals surface area contributed by atoms with Crippen LogP contribution < -0.4 is 0 Å². The van der Waals surface area contributed by atoms with Crippen molar-refractivity contribution in [1.82, 2.24) is 0 Å². The molecule has 1 aliphatic rings. The lowest BCUT2D eigenvalue weighted by Crippen LogP contribution is -2.28. The van der Waals surface area contributed by atoms with E-state index in [9.17, 15) is 4.79 Å². The third kappa shape index (κ3) is 3.17. The summed E-state index contributed by atoms with van der Waals surface area (Å²) < 4.78 is 5.48. The minimum atomic E-state index is -0.127. The topological polar surface area (TPSA) is 26.3 Å². The van der Waals surface area contributed by atoms with Crippen LogP contribution in [0.1, 0.15) is 31.2 Å². The molecule has 0 aromatic heterocycles. The highest BCUT2D eigenvalue weighted by Crippen LogP contribution is 2.15. The van der Waals surface area contributed by atoms with E-state index < -0.39 is 0 Å². The highest BCUT2D eigenvalue weighted by atomic mass is 16.5. The molecule has 1 aromatic rings. The molecule has 1 saturated heterocycles. The Kier molecular flexibility index (Phi) is 4.11. The predicted octanol–water partition coefficient (Wildman–Crippen LogP) is 2.76. The minimum absolute atomic E-state index is 0.127. The molecule has 1 aromatic carbocycles. The quantitative estimate of drug-likeness (QED) is 0.776. The minimum Gasteiger partial charge on any atom is -0.370 e. The van der Waals surface area contributed by atoms with Crippen molar-refractivity contribution in [1.29, 1.82) is 0 Å². The van der Waals surface area contributed by atoms with E-state index in [1.54, 1.807) is 0 Å². The van der Waals surface area contributed by atoms with Crippen molar-refractivity contribution in [3.8, 4) is 0 Å². The second kappa shape index (κ2) is 5.80. The van der Waals surface area contributed by atoms with E-state index in [1.165, 1.54) is 5.56 Å². The molecule has 1 fully saturated rings. The van der Waals surface area contributed by atoms with Crippen LogP contribution in [0, 0.1) is 0 Å². The Labute approximate surface area is 96.6 Å². The fourth-order valence-electron chi connectivity index (χ4n) is 2.07. The van der Waals surface area contributed by atoms with Gasteiger partial charge in [-0.25, -0.2) is 0 Å². The zero-order valence-electron chi connectivity index (χ0n) is 9.52. The van der Waals surface area contributed by atoms with Gasteiger partial charge in [-0.3, -0.25) is 4.79 Å². The predicted molar refractivity (Wildman–Crippen MR) is 63.4 cm³/mol. The first-order valence-electron chi connectivity index (χ1n) is 6.04. The Morgan fingerprint density at radius 3 is 2.75 bits per heavy atom. The molecule has 1 unspecified atom stereocenters. The number of benzene rings is 1. The van der Waals surface area contributed by atoms with Gasteiger partial charge in [-0.1, -0.05) is 30.3 Å². The zero-order valence-corrected chi connectivity index (χ0v) is 9.52. The highest BCUT2D eigenvalue weighted by molar-refractivity contribution is 5.83. The van der Waals surface area contributed by atoms with Crippen molar-refractivity contribution in [3.63, 3.8) is 0 Å². The fourth-order valence-corrected chi connectivity index (χ4v) is 2.07. The maximum atomic E-state index is 11.8. The van der Waals surface area contributed by atoms with Crippen LogP contribution in [0.2, 0.25) is 0 Å². The van der Waals surface area contributed by atoms with Crippen LogP contribution in [0.25, 0.3) is 0 Å². The average molecular weight is 218 g/mol. The molecule has 2 nitrogen and oxygen atoms in total. The first kappa shape index (κ1) is 11.3. The van der Waals surface area contributed by atoms with Gasteiger partial charge in [0.05, 0.1) is 0 Å². The van der Waals surface area contributed by atoms with Gasteiger partial charge in [-0.15, -0.1) is 0 Å². The van der Waals surface area contributed by atoms with Crippen molar-refractivity contribution < 1.29 is 9.53 Å². The molecule has 1 atom stereocenters. The SMILES string of the molecule is O=C(CCc1ccccc1)C1CCCCO1. The van der Waals surface area contributed by atoms with E-state index in [0.717, 1.165) is 32.3 Å². The summed E-state index contributed by atoms with van der Waals surface area (Å²) in [5.74, 6) is 0.267. The highest BCUT2D eigenvalue weighted by Gasteiger charge is 2.21. The van der Waals surface area contributed by atoms with Crippen LogP contribution in [-0.2, 0) is 16.0 Å². The van der Waals surface area contributed by atoms with Gasteiger partial charge in [0.25, 0.3) is 0 Å². The number of aryl methyl sites for hydroxylation is 1. The standard InChI is InChI=1S/C14H18O2/c15-13(14-8-4-5-11-16-14)10-9-12-6-2-1-3-7-12/h1-3,6-7,14H,4-5,8-11H2. The number of hydrogen-bond donors (Lipinski definition) is 0. The van der Waals surface area contributed by atoms with Crippen LogP contribution in [0.3, 0.4) is 0 Å². The number of ketones is 1. The normalized spacial score (nSPS) is 20.6. The summed E-state index contributed by atoms with van der Waals surface area (Å²) in [4.78, 5) is 11.8. The van der Waals surface area contributed by atoms with Gasteiger partial charge in [0, 0.05) is 13.0 Å². The molecule has 1 heterocycles. The number of rotatable bonds is 4. The zero-order chi connectivity index (χ0) is 11.2. The van der Waals surface area contributed by atoms with Gasteiger partial charge in [-0.2, -0.15) is 0 Å². The lowest BCUT2D eigenvalue weighted by molar-refractivity contribution is -0.133. The Balaban J connectivity index is 1.79. The van der Waals surface area contributed by atoms with Gasteiger partial charge in [-0.05, 0) is 31.2 Å². The second-order valence-electron chi connectivity index (χ2n) is 4.31. The molecule has 2 heteroatoms. The van der Waals surface area contributed by atoms with Crippen LogP contribution in [0.4, 0.5) is 0 Å². The smallest absolute Gasteiger partial charge is 0.161 e. The fraction of sp³-hybridized carbons (Fsp3) is 0.500. The van der Waals surface area contributed by atoms with E-state index in [0.29, 0.717) is 6.42 Å². The molecule has 16 heavy (non-hydrogen) atoms. The molecular weight excluding hydrogens is 200 g/mol. The van der Waals surface area contributed by atoms with Crippen molar-refractivity contribution in [2.24, 2.45) is 0 Å². The third-order valence-electron chi connectivity index (χ3n) is 3.04. The van der Waals surface area contributed by atoms with Gasteiger partial charge in [0.15, 0.2) is 5.78 Å². The van der Waals surface area contributed by atoms with Crippen LogP contribution >= 0.6 is 0 Å². The van der Waals surface area contributed by atoms with Crippen molar-refractivity contribution in [2.45, 2.75) is 38.2 Å². The van der Waals surface area contributed by atoms with Crippen molar-refractivity contribution >= 4 is 5.78 Å². The summed E-state index contributed by atoms with van der Waals surface area (Å²) in [7, 11) is 0. The van der Waals surface area contributed by atoms with Crippen LogP contribution in [0.15, 0.2) is 30.3 Å². The Morgan fingerprint density at radius 2 is 2.06 bits per heavy atom. The summed E-state index contributed by atoms with van der Waals surface area (Å²) >= 11 is 0.